The third kappa shape index (κ3) is 5.18. The zero-order chi connectivity index (χ0) is 19.9. The summed E-state index contributed by atoms with van der Waals surface area (Å²) in [4.78, 5) is 15.0. The van der Waals surface area contributed by atoms with E-state index in [1.807, 2.05) is 0 Å². The highest BCUT2D eigenvalue weighted by atomic mass is 19.1. The molecule has 5 heteroatoms. The van der Waals surface area contributed by atoms with Gasteiger partial charge >= 0.3 is 0 Å². The fraction of sp³-hybridized carbons (Fsp3) is 0.435. The number of ether oxygens (including phenoxy) is 1. The van der Waals surface area contributed by atoms with Crippen LogP contribution in [0.25, 0.3) is 0 Å². The number of piperidine rings is 1. The maximum atomic E-state index is 13.9. The molecule has 1 N–H and O–H groups in total. The number of methoxy groups -OCH3 is 1. The van der Waals surface area contributed by atoms with Crippen molar-refractivity contribution in [2.24, 2.45) is 0 Å². The van der Waals surface area contributed by atoms with E-state index < -0.39 is 5.82 Å². The number of nitrogens with one attached hydrogen (secondary N) is 1. The van der Waals surface area contributed by atoms with Crippen LogP contribution in [-0.4, -0.2) is 44.0 Å². The molecule has 1 heterocycles. The molecule has 1 unspecified atom stereocenters. The van der Waals surface area contributed by atoms with Crippen molar-refractivity contribution in [1.29, 1.82) is 0 Å². The molecule has 2 aromatic rings. The Labute approximate surface area is 166 Å². The van der Waals surface area contributed by atoms with Crippen molar-refractivity contribution < 1.29 is 13.9 Å². The summed E-state index contributed by atoms with van der Waals surface area (Å²) < 4.78 is 18.8. The summed E-state index contributed by atoms with van der Waals surface area (Å²) in [5.74, 6) is -0.490. The number of hydrogen-bond donors (Lipinski definition) is 1. The second-order valence-corrected chi connectivity index (χ2v) is 7.43. The summed E-state index contributed by atoms with van der Waals surface area (Å²) in [6.45, 7) is 5.12. The quantitative estimate of drug-likeness (QED) is 0.695. The first-order chi connectivity index (χ1) is 13.6. The maximum Gasteiger partial charge on any atom is 0.176 e. The molecule has 0 bridgehead atoms. The molecular weight excluding hydrogens is 355 g/mol. The molecular formula is C23H29FN2O2. The highest BCUT2D eigenvalue weighted by Crippen LogP contribution is 2.24. The van der Waals surface area contributed by atoms with E-state index in [2.05, 4.69) is 41.4 Å². The summed E-state index contributed by atoms with van der Waals surface area (Å²) in [7, 11) is 1.41. The number of rotatable bonds is 8. The van der Waals surface area contributed by atoms with Crippen LogP contribution in [0.3, 0.4) is 0 Å². The van der Waals surface area contributed by atoms with Crippen LogP contribution in [-0.2, 0) is 0 Å². The molecule has 0 radical (unpaired) electrons. The lowest BCUT2D eigenvalue weighted by Gasteiger charge is -2.35. The van der Waals surface area contributed by atoms with Crippen LogP contribution >= 0.6 is 0 Å². The van der Waals surface area contributed by atoms with Crippen molar-refractivity contribution in [2.45, 2.75) is 32.2 Å². The molecule has 0 aromatic heterocycles. The number of benzene rings is 2. The molecule has 1 aliphatic heterocycles. The topological polar surface area (TPSA) is 41.6 Å². The molecule has 28 heavy (non-hydrogen) atoms. The molecule has 150 valence electrons. The van der Waals surface area contributed by atoms with Crippen molar-refractivity contribution in [2.75, 3.05) is 33.3 Å². The van der Waals surface area contributed by atoms with Crippen LogP contribution in [0.1, 0.15) is 46.8 Å². The van der Waals surface area contributed by atoms with E-state index in [0.717, 1.165) is 13.1 Å². The number of ketones is 1. The van der Waals surface area contributed by atoms with E-state index in [9.17, 15) is 9.18 Å². The van der Waals surface area contributed by atoms with Gasteiger partial charge in [0.2, 0.25) is 0 Å². The van der Waals surface area contributed by atoms with E-state index in [1.54, 1.807) is 6.07 Å². The average Bonchev–Trinajstić information content (AvgIpc) is 2.72. The third-order valence-electron chi connectivity index (χ3n) is 5.39. The number of carbonyl (C=O) groups excluding carboxylic acids is 1. The Bertz CT molecular complexity index is 786. The first-order valence-electron chi connectivity index (χ1n) is 9.96. The standard InChI is InChI=1S/C23H29FN2O2/c1-17-6-8-18(9-7-17)21(26-12-4-3-5-13-26)15-25-16-22(27)19-10-11-23(28-2)20(24)14-19/h6-11,14,21,25H,3-5,12-13,15-16H2,1-2H3. The van der Waals surface area contributed by atoms with Gasteiger partial charge in [0.05, 0.1) is 13.7 Å². The smallest absolute Gasteiger partial charge is 0.176 e. The SMILES string of the molecule is COc1ccc(C(=O)CNCC(c2ccc(C)cc2)N2CCCCC2)cc1F. The van der Waals surface area contributed by atoms with Gasteiger partial charge in [0.15, 0.2) is 17.3 Å². The molecule has 0 saturated carbocycles. The Hall–Kier alpha value is -2.24. The van der Waals surface area contributed by atoms with Crippen LogP contribution in [0.2, 0.25) is 0 Å². The molecule has 1 saturated heterocycles. The summed E-state index contributed by atoms with van der Waals surface area (Å²) in [5, 5.41) is 3.30. The fourth-order valence-electron chi connectivity index (χ4n) is 3.74. The van der Waals surface area contributed by atoms with Gasteiger partial charge in [-0.05, 0) is 56.6 Å². The van der Waals surface area contributed by atoms with E-state index in [1.165, 1.54) is 49.6 Å². The normalized spacial score (nSPS) is 16.0. The molecule has 1 atom stereocenters. The van der Waals surface area contributed by atoms with Crippen molar-refractivity contribution in [3.8, 4) is 5.75 Å². The lowest BCUT2D eigenvalue weighted by atomic mass is 10.0. The molecule has 1 fully saturated rings. The van der Waals surface area contributed by atoms with E-state index >= 15 is 0 Å². The Balaban J connectivity index is 1.63. The van der Waals surface area contributed by atoms with Gasteiger partial charge in [-0.3, -0.25) is 9.69 Å². The molecule has 1 aliphatic rings. The first-order valence-corrected chi connectivity index (χ1v) is 9.96. The lowest BCUT2D eigenvalue weighted by molar-refractivity contribution is 0.0983. The number of hydrogen-bond acceptors (Lipinski definition) is 4. The van der Waals surface area contributed by atoms with Crippen LogP contribution in [0.4, 0.5) is 4.39 Å². The summed E-state index contributed by atoms with van der Waals surface area (Å²) >= 11 is 0. The number of nitrogens with zero attached hydrogens (tertiary/aromatic N) is 1. The average molecular weight is 384 g/mol. The second kappa shape index (κ2) is 9.80. The molecule has 3 rings (SSSR count). The highest BCUT2D eigenvalue weighted by Gasteiger charge is 2.22. The van der Waals surface area contributed by atoms with Gasteiger partial charge in [0.1, 0.15) is 0 Å². The monoisotopic (exact) mass is 384 g/mol. The van der Waals surface area contributed by atoms with Gasteiger partial charge in [0.25, 0.3) is 0 Å². The minimum Gasteiger partial charge on any atom is -0.494 e. The van der Waals surface area contributed by atoms with E-state index in [0.29, 0.717) is 12.1 Å². The number of aryl methyl sites for hydroxylation is 1. The summed E-state index contributed by atoms with van der Waals surface area (Å²) in [6, 6.07) is 13.2. The lowest BCUT2D eigenvalue weighted by Crippen LogP contribution is -2.40. The van der Waals surface area contributed by atoms with Gasteiger partial charge in [-0.2, -0.15) is 0 Å². The van der Waals surface area contributed by atoms with Crippen LogP contribution in [0.15, 0.2) is 42.5 Å². The van der Waals surface area contributed by atoms with E-state index in [-0.39, 0.29) is 24.1 Å². The van der Waals surface area contributed by atoms with Crippen LogP contribution < -0.4 is 10.1 Å². The molecule has 0 amide bonds. The Morgan fingerprint density at radius 3 is 2.50 bits per heavy atom. The van der Waals surface area contributed by atoms with Crippen molar-refractivity contribution in [3.05, 3.63) is 65.0 Å². The maximum absolute atomic E-state index is 13.9. The highest BCUT2D eigenvalue weighted by molar-refractivity contribution is 5.97. The van der Waals surface area contributed by atoms with E-state index in [4.69, 9.17) is 4.74 Å². The van der Waals surface area contributed by atoms with Crippen molar-refractivity contribution >= 4 is 5.78 Å². The number of carbonyl (C=O) groups is 1. The Morgan fingerprint density at radius 2 is 1.86 bits per heavy atom. The fourth-order valence-corrected chi connectivity index (χ4v) is 3.74. The second-order valence-electron chi connectivity index (χ2n) is 7.43. The molecule has 0 spiro atoms. The van der Waals surface area contributed by atoms with Gasteiger partial charge in [-0.1, -0.05) is 36.2 Å². The van der Waals surface area contributed by atoms with Crippen LogP contribution in [0, 0.1) is 12.7 Å². The molecule has 4 nitrogen and oxygen atoms in total. The van der Waals surface area contributed by atoms with Gasteiger partial charge in [0, 0.05) is 18.2 Å². The number of Topliss-reactive ketones (excluding diaryl/α,β-unsaturated/α-hetero) is 1. The predicted octanol–water partition coefficient (Wildman–Crippen LogP) is 4.14. The minimum atomic E-state index is -0.515. The minimum absolute atomic E-state index is 0.122. The molecule has 0 aliphatic carbocycles. The predicted molar refractivity (Wildman–Crippen MR) is 109 cm³/mol. The first kappa shape index (κ1) is 20.5. The van der Waals surface area contributed by atoms with Gasteiger partial charge in [-0.25, -0.2) is 4.39 Å². The largest absolute Gasteiger partial charge is 0.494 e. The Kier molecular flexibility index (Phi) is 7.18. The number of likely N-dealkylation sites (tertiary alicyclic amines) is 1. The van der Waals surface area contributed by atoms with Gasteiger partial charge < -0.3 is 10.1 Å². The summed E-state index contributed by atoms with van der Waals surface area (Å²) in [5.41, 5.74) is 2.87. The zero-order valence-electron chi connectivity index (χ0n) is 16.7. The number of halogens is 1. The van der Waals surface area contributed by atoms with Gasteiger partial charge in [-0.15, -0.1) is 0 Å². The Morgan fingerprint density at radius 1 is 1.14 bits per heavy atom. The van der Waals surface area contributed by atoms with Crippen molar-refractivity contribution in [3.63, 3.8) is 0 Å². The third-order valence-corrected chi connectivity index (χ3v) is 5.39. The van der Waals surface area contributed by atoms with Crippen LogP contribution in [0.5, 0.6) is 5.75 Å². The molecule has 2 aromatic carbocycles. The summed E-state index contributed by atoms with van der Waals surface area (Å²) in [6.07, 6.45) is 3.71. The zero-order valence-corrected chi connectivity index (χ0v) is 16.7. The van der Waals surface area contributed by atoms with Crippen molar-refractivity contribution in [1.82, 2.24) is 10.2 Å².